The van der Waals surface area contributed by atoms with E-state index in [0.717, 1.165) is 6.42 Å². The normalized spacial score (nSPS) is 10.4. The molecule has 0 aromatic heterocycles. The van der Waals surface area contributed by atoms with E-state index in [1.165, 1.54) is 18.2 Å². The Labute approximate surface area is 111 Å². The zero-order valence-corrected chi connectivity index (χ0v) is 10.8. The lowest BCUT2D eigenvalue weighted by molar-refractivity contribution is 0.0692. The fourth-order valence-electron chi connectivity index (χ4n) is 1.45. The molecule has 0 aliphatic carbocycles. The number of hydrogen-bond donors (Lipinski definition) is 2. The summed E-state index contributed by atoms with van der Waals surface area (Å²) < 4.78 is 23.5. The summed E-state index contributed by atoms with van der Waals surface area (Å²) in [6.45, 7) is 2.33. The van der Waals surface area contributed by atoms with Crippen LogP contribution < -0.4 is 5.32 Å². The molecule has 0 fully saturated rings. The van der Waals surface area contributed by atoms with E-state index < -0.39 is 11.8 Å². The van der Waals surface area contributed by atoms with Gasteiger partial charge in [-0.2, -0.15) is 0 Å². The van der Waals surface area contributed by atoms with Crippen molar-refractivity contribution >= 4 is 11.7 Å². The Kier molecular flexibility index (Phi) is 6.84. The number of benzene rings is 1. The van der Waals surface area contributed by atoms with Crippen LogP contribution in [0.25, 0.3) is 0 Å². The number of anilines is 1. The van der Waals surface area contributed by atoms with Crippen molar-refractivity contribution < 1.29 is 23.8 Å². The molecule has 0 aliphatic heterocycles. The van der Waals surface area contributed by atoms with Gasteiger partial charge in [0.1, 0.15) is 5.82 Å². The highest BCUT2D eigenvalue weighted by Crippen LogP contribution is 2.14. The molecular formula is C13H18FNO4. The van der Waals surface area contributed by atoms with Crippen molar-refractivity contribution in [1.29, 1.82) is 0 Å². The van der Waals surface area contributed by atoms with Gasteiger partial charge < -0.3 is 19.9 Å². The molecule has 0 heterocycles. The minimum Gasteiger partial charge on any atom is -0.478 e. The van der Waals surface area contributed by atoms with Crippen LogP contribution >= 0.6 is 0 Å². The SMILES string of the molecule is COCCOCCCNc1ccc(C(=O)O)c(F)c1. The molecule has 0 amide bonds. The summed E-state index contributed by atoms with van der Waals surface area (Å²) in [5.74, 6) is -2.01. The summed E-state index contributed by atoms with van der Waals surface area (Å²) in [6.07, 6.45) is 0.770. The zero-order chi connectivity index (χ0) is 14.1. The number of hydrogen-bond acceptors (Lipinski definition) is 4. The maximum absolute atomic E-state index is 13.4. The second kappa shape index (κ2) is 8.44. The van der Waals surface area contributed by atoms with Crippen molar-refractivity contribution in [2.45, 2.75) is 6.42 Å². The Bertz CT molecular complexity index is 412. The van der Waals surface area contributed by atoms with Gasteiger partial charge in [0.2, 0.25) is 0 Å². The number of carbonyl (C=O) groups is 1. The monoisotopic (exact) mass is 271 g/mol. The van der Waals surface area contributed by atoms with E-state index >= 15 is 0 Å². The fraction of sp³-hybridized carbons (Fsp3) is 0.462. The Balaban J connectivity index is 2.26. The summed E-state index contributed by atoms with van der Waals surface area (Å²) in [6, 6.07) is 3.96. The van der Waals surface area contributed by atoms with E-state index in [9.17, 15) is 9.18 Å². The molecule has 106 valence electrons. The van der Waals surface area contributed by atoms with E-state index in [4.69, 9.17) is 14.6 Å². The molecule has 0 unspecified atom stereocenters. The third-order valence-corrected chi connectivity index (χ3v) is 2.43. The van der Waals surface area contributed by atoms with Gasteiger partial charge in [-0.05, 0) is 24.6 Å². The van der Waals surface area contributed by atoms with E-state index in [0.29, 0.717) is 32.1 Å². The lowest BCUT2D eigenvalue weighted by Crippen LogP contribution is -2.09. The maximum Gasteiger partial charge on any atom is 0.338 e. The van der Waals surface area contributed by atoms with Crippen LogP contribution in [0.15, 0.2) is 18.2 Å². The number of halogens is 1. The molecule has 5 nitrogen and oxygen atoms in total. The molecule has 1 rings (SSSR count). The smallest absolute Gasteiger partial charge is 0.338 e. The van der Waals surface area contributed by atoms with Crippen LogP contribution in [0.3, 0.4) is 0 Å². The van der Waals surface area contributed by atoms with Gasteiger partial charge in [-0.25, -0.2) is 9.18 Å². The molecular weight excluding hydrogens is 253 g/mol. The minimum atomic E-state index is -1.27. The van der Waals surface area contributed by atoms with Crippen LogP contribution in [0.4, 0.5) is 10.1 Å². The topological polar surface area (TPSA) is 67.8 Å². The van der Waals surface area contributed by atoms with Gasteiger partial charge in [0.05, 0.1) is 18.8 Å². The molecule has 0 spiro atoms. The highest BCUT2D eigenvalue weighted by molar-refractivity contribution is 5.88. The fourth-order valence-corrected chi connectivity index (χ4v) is 1.45. The van der Waals surface area contributed by atoms with Crippen LogP contribution in [0.1, 0.15) is 16.8 Å². The van der Waals surface area contributed by atoms with Crippen LogP contribution in [0, 0.1) is 5.82 Å². The Morgan fingerprint density at radius 1 is 1.37 bits per heavy atom. The Morgan fingerprint density at radius 2 is 2.16 bits per heavy atom. The second-order valence-corrected chi connectivity index (χ2v) is 3.89. The second-order valence-electron chi connectivity index (χ2n) is 3.89. The first-order valence-corrected chi connectivity index (χ1v) is 5.98. The summed E-state index contributed by atoms with van der Waals surface area (Å²) >= 11 is 0. The number of rotatable bonds is 9. The van der Waals surface area contributed by atoms with Gasteiger partial charge >= 0.3 is 5.97 Å². The van der Waals surface area contributed by atoms with E-state index in [2.05, 4.69) is 5.32 Å². The van der Waals surface area contributed by atoms with Gasteiger partial charge in [-0.3, -0.25) is 0 Å². The summed E-state index contributed by atoms with van der Waals surface area (Å²) in [5, 5.41) is 11.7. The summed E-state index contributed by atoms with van der Waals surface area (Å²) in [7, 11) is 1.61. The zero-order valence-electron chi connectivity index (χ0n) is 10.8. The molecule has 1 aromatic rings. The van der Waals surface area contributed by atoms with Crippen LogP contribution in [0.5, 0.6) is 0 Å². The summed E-state index contributed by atoms with van der Waals surface area (Å²) in [5.41, 5.74) is 0.229. The standard InChI is InChI=1S/C13H18FNO4/c1-18-7-8-19-6-2-5-15-10-3-4-11(13(16)17)12(14)9-10/h3-4,9,15H,2,5-8H2,1H3,(H,16,17). The van der Waals surface area contributed by atoms with Crippen molar-refractivity contribution in [2.24, 2.45) is 0 Å². The van der Waals surface area contributed by atoms with Crippen LogP contribution in [-0.2, 0) is 9.47 Å². The number of carboxylic acid groups (broad SMARTS) is 1. The average Bonchev–Trinajstić information content (AvgIpc) is 2.37. The first-order chi connectivity index (χ1) is 9.15. The average molecular weight is 271 g/mol. The van der Waals surface area contributed by atoms with Gasteiger partial charge in [-0.15, -0.1) is 0 Å². The summed E-state index contributed by atoms with van der Waals surface area (Å²) in [4.78, 5) is 10.6. The molecule has 1 aromatic carbocycles. The van der Waals surface area contributed by atoms with Crippen LogP contribution in [-0.4, -0.2) is 44.6 Å². The van der Waals surface area contributed by atoms with Crippen molar-refractivity contribution in [1.82, 2.24) is 0 Å². The maximum atomic E-state index is 13.4. The molecule has 19 heavy (non-hydrogen) atoms. The quantitative estimate of drug-likeness (QED) is 0.672. The van der Waals surface area contributed by atoms with E-state index in [1.54, 1.807) is 7.11 Å². The molecule has 0 radical (unpaired) electrons. The number of carboxylic acids is 1. The number of methoxy groups -OCH3 is 1. The van der Waals surface area contributed by atoms with Crippen molar-refractivity contribution in [3.63, 3.8) is 0 Å². The van der Waals surface area contributed by atoms with Crippen molar-refractivity contribution in [3.8, 4) is 0 Å². The molecule has 6 heteroatoms. The predicted molar refractivity (Wildman–Crippen MR) is 69.2 cm³/mol. The van der Waals surface area contributed by atoms with Gasteiger partial charge in [0.15, 0.2) is 0 Å². The number of aromatic carboxylic acids is 1. The third kappa shape index (κ3) is 5.67. The van der Waals surface area contributed by atoms with Gasteiger partial charge in [-0.1, -0.05) is 0 Å². The van der Waals surface area contributed by atoms with Gasteiger partial charge in [0.25, 0.3) is 0 Å². The van der Waals surface area contributed by atoms with Crippen molar-refractivity contribution in [3.05, 3.63) is 29.6 Å². The lowest BCUT2D eigenvalue weighted by Gasteiger charge is -2.08. The molecule has 0 atom stereocenters. The number of nitrogens with one attached hydrogen (secondary N) is 1. The van der Waals surface area contributed by atoms with E-state index in [1.807, 2.05) is 0 Å². The number of ether oxygens (including phenoxy) is 2. The predicted octanol–water partition coefficient (Wildman–Crippen LogP) is 1.99. The Morgan fingerprint density at radius 3 is 2.79 bits per heavy atom. The van der Waals surface area contributed by atoms with Gasteiger partial charge in [0, 0.05) is 25.9 Å². The molecule has 0 saturated heterocycles. The minimum absolute atomic E-state index is 0.326. The highest BCUT2D eigenvalue weighted by Gasteiger charge is 2.09. The highest BCUT2D eigenvalue weighted by atomic mass is 19.1. The van der Waals surface area contributed by atoms with Crippen LogP contribution in [0.2, 0.25) is 0 Å². The first-order valence-electron chi connectivity index (χ1n) is 5.98. The Hall–Kier alpha value is -1.66. The third-order valence-electron chi connectivity index (χ3n) is 2.43. The lowest BCUT2D eigenvalue weighted by atomic mass is 10.2. The molecule has 0 bridgehead atoms. The first kappa shape index (κ1) is 15.4. The molecule has 0 saturated carbocycles. The largest absolute Gasteiger partial charge is 0.478 e. The molecule has 0 aliphatic rings. The van der Waals surface area contributed by atoms with Crippen molar-refractivity contribution in [2.75, 3.05) is 38.8 Å². The molecule has 2 N–H and O–H groups in total. The van der Waals surface area contributed by atoms with E-state index in [-0.39, 0.29) is 5.56 Å².